The number of aliphatic imine (C=N–C) groups is 1. The molecule has 0 amide bonds. The topological polar surface area (TPSA) is 98.5 Å². The summed E-state index contributed by atoms with van der Waals surface area (Å²) < 4.78 is 13.7. The van der Waals surface area contributed by atoms with Crippen LogP contribution in [0.15, 0.2) is 53.9 Å². The zero-order valence-electron chi connectivity index (χ0n) is 19.3. The number of rotatable bonds is 11. The summed E-state index contributed by atoms with van der Waals surface area (Å²) in [6.45, 7) is 6.83. The van der Waals surface area contributed by atoms with Crippen LogP contribution >= 0.6 is 24.0 Å². The Balaban J connectivity index is 0.00000385. The Kier molecular flexibility index (Phi) is 11.4. The van der Waals surface area contributed by atoms with E-state index < -0.39 is 0 Å². The highest BCUT2D eigenvalue weighted by atomic mass is 127. The van der Waals surface area contributed by atoms with E-state index in [4.69, 9.17) is 9.47 Å². The molecule has 0 aliphatic heterocycles. The molecule has 0 fully saturated rings. The van der Waals surface area contributed by atoms with E-state index in [2.05, 4.69) is 44.7 Å². The van der Waals surface area contributed by atoms with Gasteiger partial charge < -0.3 is 24.7 Å². The largest absolute Gasteiger partial charge is 0.494 e. The highest BCUT2D eigenvalue weighted by Crippen LogP contribution is 2.25. The third kappa shape index (κ3) is 8.19. The molecule has 0 saturated carbocycles. The van der Waals surface area contributed by atoms with Crippen molar-refractivity contribution in [1.82, 2.24) is 30.4 Å². The van der Waals surface area contributed by atoms with Crippen LogP contribution in [0.4, 0.5) is 0 Å². The van der Waals surface area contributed by atoms with Crippen molar-refractivity contribution < 1.29 is 9.47 Å². The van der Waals surface area contributed by atoms with Crippen molar-refractivity contribution in [3.8, 4) is 17.4 Å². The second-order valence-corrected chi connectivity index (χ2v) is 7.04. The van der Waals surface area contributed by atoms with Gasteiger partial charge in [0.25, 0.3) is 0 Å². The van der Waals surface area contributed by atoms with Crippen molar-refractivity contribution in [3.63, 3.8) is 0 Å². The van der Waals surface area contributed by atoms with Crippen molar-refractivity contribution in [2.75, 3.05) is 20.2 Å². The second-order valence-electron chi connectivity index (χ2n) is 7.04. The maximum absolute atomic E-state index is 6.01. The summed E-state index contributed by atoms with van der Waals surface area (Å²) in [7, 11) is 1.74. The van der Waals surface area contributed by atoms with Crippen LogP contribution in [0.3, 0.4) is 0 Å². The highest BCUT2D eigenvalue weighted by Gasteiger charge is 2.08. The third-order valence-electron chi connectivity index (χ3n) is 4.69. The number of halogens is 1. The molecule has 0 unspecified atom stereocenters. The Labute approximate surface area is 212 Å². The minimum Gasteiger partial charge on any atom is -0.494 e. The molecular weight excluding hydrogens is 533 g/mol. The van der Waals surface area contributed by atoms with Crippen molar-refractivity contribution in [2.45, 2.75) is 39.8 Å². The zero-order chi connectivity index (χ0) is 22.6. The summed E-state index contributed by atoms with van der Waals surface area (Å²) in [6, 6.07) is 11.4. The Bertz CT molecular complexity index is 992. The van der Waals surface area contributed by atoms with Crippen molar-refractivity contribution in [1.29, 1.82) is 0 Å². The van der Waals surface area contributed by atoms with Crippen molar-refractivity contribution in [3.05, 3.63) is 60.3 Å². The van der Waals surface area contributed by atoms with E-state index in [0.29, 0.717) is 37.3 Å². The fourth-order valence-electron chi connectivity index (χ4n) is 3.02. The molecule has 0 aliphatic rings. The normalized spacial score (nSPS) is 10.9. The minimum atomic E-state index is 0. The number of nitrogens with one attached hydrogen (secondary N) is 2. The van der Waals surface area contributed by atoms with Gasteiger partial charge >= 0.3 is 0 Å². The molecular formula is C23H32IN7O2. The average molecular weight is 565 g/mol. The van der Waals surface area contributed by atoms with Gasteiger partial charge in [0.1, 0.15) is 23.7 Å². The zero-order valence-corrected chi connectivity index (χ0v) is 21.7. The lowest BCUT2D eigenvalue weighted by molar-refractivity contribution is 0.317. The minimum absolute atomic E-state index is 0. The smallest absolute Gasteiger partial charge is 0.224 e. The van der Waals surface area contributed by atoms with Gasteiger partial charge in [-0.05, 0) is 36.8 Å². The fourth-order valence-corrected chi connectivity index (χ4v) is 3.02. The highest BCUT2D eigenvalue weighted by molar-refractivity contribution is 14.0. The SMILES string of the molecule is CCCOc1ccc(Oc2ncccc2CNC(=NC)NCCn2cnnc2CC)cc1.I. The van der Waals surface area contributed by atoms with Gasteiger partial charge in [-0.3, -0.25) is 4.99 Å². The summed E-state index contributed by atoms with van der Waals surface area (Å²) in [4.78, 5) is 8.68. The first-order valence-corrected chi connectivity index (χ1v) is 10.9. The summed E-state index contributed by atoms with van der Waals surface area (Å²) in [6.07, 6.45) is 5.29. The molecule has 1 aromatic carbocycles. The molecule has 0 bridgehead atoms. The maximum Gasteiger partial charge on any atom is 0.224 e. The van der Waals surface area contributed by atoms with Gasteiger partial charge in [0, 0.05) is 44.9 Å². The number of ether oxygens (including phenoxy) is 2. The Morgan fingerprint density at radius 1 is 1.09 bits per heavy atom. The average Bonchev–Trinajstić information content (AvgIpc) is 3.29. The first-order chi connectivity index (χ1) is 15.7. The van der Waals surface area contributed by atoms with E-state index in [0.717, 1.165) is 36.5 Å². The van der Waals surface area contributed by atoms with Gasteiger partial charge in [-0.2, -0.15) is 0 Å². The van der Waals surface area contributed by atoms with Gasteiger partial charge in [0.15, 0.2) is 5.96 Å². The van der Waals surface area contributed by atoms with Gasteiger partial charge in [-0.15, -0.1) is 34.2 Å². The van der Waals surface area contributed by atoms with Gasteiger partial charge in [0.05, 0.1) is 6.61 Å². The first kappa shape index (κ1) is 26.4. The maximum atomic E-state index is 6.01. The molecule has 2 heterocycles. The van der Waals surface area contributed by atoms with Crippen LogP contribution < -0.4 is 20.1 Å². The van der Waals surface area contributed by atoms with Crippen LogP contribution in [0.1, 0.15) is 31.7 Å². The Morgan fingerprint density at radius 3 is 2.61 bits per heavy atom. The van der Waals surface area contributed by atoms with E-state index in [1.165, 1.54) is 0 Å². The van der Waals surface area contributed by atoms with Crippen LogP contribution in [-0.4, -0.2) is 45.9 Å². The molecule has 0 saturated heterocycles. The lowest BCUT2D eigenvalue weighted by Gasteiger charge is -2.14. The third-order valence-corrected chi connectivity index (χ3v) is 4.69. The number of aryl methyl sites for hydroxylation is 1. The summed E-state index contributed by atoms with van der Waals surface area (Å²) in [5, 5.41) is 14.7. The first-order valence-electron chi connectivity index (χ1n) is 10.9. The van der Waals surface area contributed by atoms with Crippen molar-refractivity contribution in [2.24, 2.45) is 4.99 Å². The van der Waals surface area contributed by atoms with E-state index in [9.17, 15) is 0 Å². The van der Waals surface area contributed by atoms with E-state index >= 15 is 0 Å². The van der Waals surface area contributed by atoms with Gasteiger partial charge in [0.2, 0.25) is 5.88 Å². The predicted octanol–water partition coefficient (Wildman–Crippen LogP) is 3.80. The lowest BCUT2D eigenvalue weighted by atomic mass is 10.2. The predicted molar refractivity (Wildman–Crippen MR) is 140 cm³/mol. The monoisotopic (exact) mass is 565 g/mol. The Hall–Kier alpha value is -2.89. The van der Waals surface area contributed by atoms with Crippen LogP contribution in [0, 0.1) is 0 Å². The number of nitrogens with zero attached hydrogens (tertiary/aromatic N) is 5. The van der Waals surface area contributed by atoms with Crippen LogP contribution in [0.2, 0.25) is 0 Å². The molecule has 0 atom stereocenters. The molecule has 10 heteroatoms. The molecule has 3 aromatic rings. The molecule has 0 radical (unpaired) electrons. The molecule has 3 rings (SSSR count). The van der Waals surface area contributed by atoms with Crippen LogP contribution in [0.25, 0.3) is 0 Å². The molecule has 2 aromatic heterocycles. The molecule has 178 valence electrons. The number of hydrogen-bond acceptors (Lipinski definition) is 6. The molecule has 0 aliphatic carbocycles. The lowest BCUT2D eigenvalue weighted by Crippen LogP contribution is -2.38. The summed E-state index contributed by atoms with van der Waals surface area (Å²) in [5.41, 5.74) is 0.925. The number of aromatic nitrogens is 4. The van der Waals surface area contributed by atoms with Gasteiger partial charge in [-0.1, -0.05) is 19.9 Å². The number of pyridine rings is 1. The van der Waals surface area contributed by atoms with E-state index in [1.807, 2.05) is 41.0 Å². The molecule has 9 nitrogen and oxygen atoms in total. The summed E-state index contributed by atoms with van der Waals surface area (Å²) in [5.74, 6) is 3.75. The molecule has 2 N–H and O–H groups in total. The summed E-state index contributed by atoms with van der Waals surface area (Å²) >= 11 is 0. The quantitative estimate of drug-likeness (QED) is 0.207. The van der Waals surface area contributed by atoms with Crippen LogP contribution in [-0.2, 0) is 19.5 Å². The molecule has 0 spiro atoms. The Morgan fingerprint density at radius 2 is 1.88 bits per heavy atom. The van der Waals surface area contributed by atoms with Crippen LogP contribution in [0.5, 0.6) is 17.4 Å². The van der Waals surface area contributed by atoms with Gasteiger partial charge in [-0.25, -0.2) is 4.98 Å². The van der Waals surface area contributed by atoms with Crippen molar-refractivity contribution >= 4 is 29.9 Å². The fraction of sp³-hybridized carbons (Fsp3) is 0.391. The second kappa shape index (κ2) is 14.3. The van der Waals surface area contributed by atoms with E-state index in [1.54, 1.807) is 19.6 Å². The van der Waals surface area contributed by atoms with E-state index in [-0.39, 0.29) is 24.0 Å². The number of hydrogen-bond donors (Lipinski definition) is 2. The standard InChI is InChI=1S/C23H31N7O2.HI/c1-4-15-31-19-8-10-20(11-9-19)32-22-18(7-6-12-25-22)16-27-23(24-3)26-13-14-30-17-28-29-21(30)5-2;/h6-12,17H,4-5,13-16H2,1-3H3,(H2,24,26,27);1H. The number of benzene rings is 1. The number of guanidine groups is 1. The molecule has 33 heavy (non-hydrogen) atoms.